The Morgan fingerprint density at radius 1 is 0.688 bits per heavy atom. The van der Waals surface area contributed by atoms with Gasteiger partial charge in [-0.3, -0.25) is 4.79 Å². The van der Waals surface area contributed by atoms with E-state index in [1.54, 1.807) is 0 Å². The molecular weight excluding hydrogens is 624 g/mol. The van der Waals surface area contributed by atoms with Crippen LogP contribution in [0.25, 0.3) is 0 Å². The minimum Gasteiger partial charge on any atom is -0.390 e. The smallest absolute Gasteiger partial charge is 0.220 e. The molecule has 2 heterocycles. The van der Waals surface area contributed by atoms with Crippen molar-refractivity contribution in [2.75, 3.05) is 13.1 Å². The van der Waals surface area contributed by atoms with Crippen LogP contribution in [0.5, 0.6) is 0 Å². The van der Waals surface area contributed by atoms with E-state index in [0.717, 1.165) is 19.3 Å². The molecular formula is C33H66N6O9. The van der Waals surface area contributed by atoms with Gasteiger partial charge in [0.05, 0.1) is 30.4 Å². The summed E-state index contributed by atoms with van der Waals surface area (Å²) >= 11 is 0. The van der Waals surface area contributed by atoms with E-state index in [-0.39, 0.29) is 31.8 Å². The standard InChI is InChI=1S/C33H66N6O9/c1-2-3-4-5-6-7-8-9-10-11-12-13-14-25(41)39-18-24-27(42)26(38)28(43)33(46-24)48-31-20(36)15-19(35)30(29(31)44)47-32-21(37)16-22(40)23(17-34)45-32/h19-24,26-33,40,42-44H,2-18,34-38H2,1H3,(H,39,41)/t19-,20+,21+,22-,23+,24+,26-,27+,28+,29-,30+,31-,32+,33+/m0/s1. The molecule has 15 nitrogen and oxygen atoms in total. The predicted octanol–water partition coefficient (Wildman–Crippen LogP) is -1.08. The fourth-order valence-corrected chi connectivity index (χ4v) is 6.88. The van der Waals surface area contributed by atoms with E-state index >= 15 is 0 Å². The van der Waals surface area contributed by atoms with E-state index in [2.05, 4.69) is 12.2 Å². The Balaban J connectivity index is 1.43. The van der Waals surface area contributed by atoms with Crippen LogP contribution in [0.4, 0.5) is 0 Å². The number of ether oxygens (including phenoxy) is 4. The maximum atomic E-state index is 12.5. The molecule has 0 aromatic heterocycles. The lowest BCUT2D eigenvalue weighted by molar-refractivity contribution is -0.311. The van der Waals surface area contributed by atoms with Crippen LogP contribution in [-0.2, 0) is 23.7 Å². The first-order valence-corrected chi connectivity index (χ1v) is 18.3. The molecule has 3 aliphatic rings. The molecule has 0 radical (unpaired) electrons. The molecule has 2 aliphatic heterocycles. The normalized spacial score (nSPS) is 39.0. The van der Waals surface area contributed by atoms with Gasteiger partial charge in [0, 0.05) is 31.6 Å². The van der Waals surface area contributed by atoms with Crippen molar-refractivity contribution < 1.29 is 44.2 Å². The lowest BCUT2D eigenvalue weighted by atomic mass is 9.84. The van der Waals surface area contributed by atoms with Gasteiger partial charge in [0.2, 0.25) is 5.91 Å². The number of aliphatic hydroxyl groups excluding tert-OH is 4. The molecule has 0 aromatic rings. The number of hydrogen-bond donors (Lipinski definition) is 10. The van der Waals surface area contributed by atoms with E-state index in [9.17, 15) is 25.2 Å². The summed E-state index contributed by atoms with van der Waals surface area (Å²) in [4.78, 5) is 12.5. The number of unbranched alkanes of at least 4 members (excludes halogenated alkanes) is 11. The third-order valence-corrected chi connectivity index (χ3v) is 9.99. The molecule has 0 aromatic carbocycles. The number of hydrogen-bond acceptors (Lipinski definition) is 14. The highest BCUT2D eigenvalue weighted by Crippen LogP contribution is 2.31. The van der Waals surface area contributed by atoms with Gasteiger partial charge in [0.1, 0.15) is 30.5 Å². The van der Waals surface area contributed by atoms with E-state index in [1.807, 2.05) is 0 Å². The largest absolute Gasteiger partial charge is 0.390 e. The monoisotopic (exact) mass is 690 g/mol. The second-order valence-corrected chi connectivity index (χ2v) is 14.0. The summed E-state index contributed by atoms with van der Waals surface area (Å²) in [6.45, 7) is 2.24. The Bertz CT molecular complexity index is 912. The molecule has 282 valence electrons. The lowest BCUT2D eigenvalue weighted by Crippen LogP contribution is -2.68. The van der Waals surface area contributed by atoms with E-state index in [1.165, 1.54) is 57.8 Å². The van der Waals surface area contributed by atoms with Gasteiger partial charge >= 0.3 is 0 Å². The van der Waals surface area contributed by atoms with Crippen molar-refractivity contribution >= 4 is 5.91 Å². The second kappa shape index (κ2) is 21.3. The summed E-state index contributed by atoms with van der Waals surface area (Å²) in [6.07, 6.45) is 4.08. The van der Waals surface area contributed by atoms with Gasteiger partial charge in [0.15, 0.2) is 12.6 Å². The first-order valence-electron chi connectivity index (χ1n) is 18.3. The predicted molar refractivity (Wildman–Crippen MR) is 180 cm³/mol. The van der Waals surface area contributed by atoms with Crippen molar-refractivity contribution in [3.8, 4) is 0 Å². The summed E-state index contributed by atoms with van der Waals surface area (Å²) in [5.74, 6) is -0.165. The number of amides is 1. The van der Waals surface area contributed by atoms with Crippen LogP contribution < -0.4 is 34.0 Å². The third-order valence-electron chi connectivity index (χ3n) is 9.99. The molecule has 2 saturated heterocycles. The summed E-state index contributed by atoms with van der Waals surface area (Å²) in [6, 6.07) is -3.32. The first kappa shape index (κ1) is 41.4. The Morgan fingerprint density at radius 3 is 1.77 bits per heavy atom. The van der Waals surface area contributed by atoms with E-state index in [4.69, 9.17) is 47.6 Å². The van der Waals surface area contributed by atoms with Crippen molar-refractivity contribution in [1.82, 2.24) is 5.32 Å². The number of nitrogens with one attached hydrogen (secondary N) is 1. The van der Waals surface area contributed by atoms with Gasteiger partial charge in [0.25, 0.3) is 0 Å². The summed E-state index contributed by atoms with van der Waals surface area (Å²) in [5.41, 5.74) is 30.6. The molecule has 1 aliphatic carbocycles. The third kappa shape index (κ3) is 12.3. The zero-order chi connectivity index (χ0) is 35.2. The minimum absolute atomic E-state index is 0.0422. The molecule has 3 rings (SSSR count). The molecule has 3 fully saturated rings. The minimum atomic E-state index is -1.45. The zero-order valence-corrected chi connectivity index (χ0v) is 28.8. The van der Waals surface area contributed by atoms with Gasteiger partial charge in [-0.2, -0.15) is 0 Å². The fourth-order valence-electron chi connectivity index (χ4n) is 6.88. The molecule has 0 spiro atoms. The molecule has 15 heteroatoms. The highest BCUT2D eigenvalue weighted by atomic mass is 16.7. The molecule has 1 amide bonds. The average molecular weight is 691 g/mol. The molecule has 0 bridgehead atoms. The van der Waals surface area contributed by atoms with Crippen LogP contribution in [0.3, 0.4) is 0 Å². The van der Waals surface area contributed by atoms with Crippen LogP contribution in [0.15, 0.2) is 0 Å². The van der Waals surface area contributed by atoms with Gasteiger partial charge in [-0.05, 0) is 19.3 Å². The van der Waals surface area contributed by atoms with Crippen molar-refractivity contribution in [1.29, 1.82) is 0 Å². The van der Waals surface area contributed by atoms with Gasteiger partial charge in [-0.15, -0.1) is 0 Å². The molecule has 14 atom stereocenters. The van der Waals surface area contributed by atoms with Gasteiger partial charge < -0.3 is 73.4 Å². The SMILES string of the molecule is CCCCCCCCCCCCCCC(=O)NC[C@H]1O[C@H](O[C@@H]2[C@@H](O)[C@H](O[C@H]3O[C@H](CN)[C@@H](O)C[C@H]3N)[C@@H](N)C[C@H]2N)[C@H](O)[C@@H](N)[C@@H]1O. The van der Waals surface area contributed by atoms with Crippen molar-refractivity contribution in [3.63, 3.8) is 0 Å². The molecule has 15 N–H and O–H groups in total. The molecule has 0 unspecified atom stereocenters. The molecule has 48 heavy (non-hydrogen) atoms. The van der Waals surface area contributed by atoms with E-state index < -0.39 is 85.6 Å². The maximum Gasteiger partial charge on any atom is 0.220 e. The van der Waals surface area contributed by atoms with Crippen molar-refractivity contribution in [3.05, 3.63) is 0 Å². The Kier molecular flexibility index (Phi) is 18.4. The van der Waals surface area contributed by atoms with Crippen LogP contribution in [-0.4, -0.2) is 125 Å². The molecule has 1 saturated carbocycles. The van der Waals surface area contributed by atoms with Gasteiger partial charge in [-0.1, -0.05) is 77.6 Å². The first-order chi connectivity index (χ1) is 23.0. The maximum absolute atomic E-state index is 12.5. The van der Waals surface area contributed by atoms with Crippen LogP contribution >= 0.6 is 0 Å². The van der Waals surface area contributed by atoms with Crippen molar-refractivity contribution in [2.24, 2.45) is 28.7 Å². The van der Waals surface area contributed by atoms with Gasteiger partial charge in [-0.25, -0.2) is 0 Å². The Hall–Kier alpha value is -1.05. The Morgan fingerprint density at radius 2 is 1.21 bits per heavy atom. The topological polar surface area (TPSA) is 277 Å². The van der Waals surface area contributed by atoms with Crippen LogP contribution in [0, 0.1) is 0 Å². The zero-order valence-electron chi connectivity index (χ0n) is 28.8. The number of nitrogens with two attached hydrogens (primary N) is 5. The number of carbonyl (C=O) groups excluding carboxylic acids is 1. The fraction of sp³-hybridized carbons (Fsp3) is 0.970. The summed E-state index contributed by atoms with van der Waals surface area (Å²) < 4.78 is 23.6. The van der Waals surface area contributed by atoms with Crippen LogP contribution in [0.2, 0.25) is 0 Å². The number of rotatable bonds is 20. The highest BCUT2D eigenvalue weighted by Gasteiger charge is 2.50. The van der Waals surface area contributed by atoms with E-state index in [0.29, 0.717) is 6.42 Å². The highest BCUT2D eigenvalue weighted by molar-refractivity contribution is 5.75. The summed E-state index contributed by atoms with van der Waals surface area (Å²) in [7, 11) is 0. The lowest BCUT2D eigenvalue weighted by Gasteiger charge is -2.48. The quantitative estimate of drug-likeness (QED) is 0.0681. The number of carbonyl (C=O) groups is 1. The summed E-state index contributed by atoms with van der Waals surface area (Å²) in [5, 5.41) is 45.7. The second-order valence-electron chi connectivity index (χ2n) is 14.0. The number of aliphatic hydroxyl groups is 4. The Labute approximate surface area is 285 Å². The van der Waals surface area contributed by atoms with Crippen LogP contribution in [0.1, 0.15) is 103 Å². The van der Waals surface area contributed by atoms with Crippen molar-refractivity contribution in [2.45, 2.75) is 189 Å². The average Bonchev–Trinajstić information content (AvgIpc) is 3.05.